The Morgan fingerprint density at radius 1 is 0.522 bits per heavy atom. The van der Waals surface area contributed by atoms with Crippen LogP contribution in [0, 0.1) is 0 Å². The predicted octanol–water partition coefficient (Wildman–Crippen LogP) is 7.61. The van der Waals surface area contributed by atoms with Crippen molar-refractivity contribution in [2.24, 2.45) is 0 Å². The maximum absolute atomic E-state index is 2.36. The standard InChI is InChI=1S/C22H38.H2S/c1-3-5-7-9-11-13-17-21-19-15-16-20-22(21)18-14-12-10-8-6-4-2;/h15-16,19-20H,3-14,17-18H2,1-2H3;1H2. The number of benzene rings is 1. The van der Waals surface area contributed by atoms with E-state index in [1.54, 1.807) is 11.1 Å². The van der Waals surface area contributed by atoms with Crippen molar-refractivity contribution >= 4 is 13.5 Å². The van der Waals surface area contributed by atoms with Crippen molar-refractivity contribution in [3.05, 3.63) is 35.4 Å². The lowest BCUT2D eigenvalue weighted by Crippen LogP contribution is -1.95. The Kier molecular flexibility index (Phi) is 16.1. The third-order valence-electron chi connectivity index (χ3n) is 4.72. The van der Waals surface area contributed by atoms with Crippen LogP contribution in [0.3, 0.4) is 0 Å². The van der Waals surface area contributed by atoms with E-state index in [0.29, 0.717) is 0 Å². The second-order valence-electron chi connectivity index (χ2n) is 6.80. The van der Waals surface area contributed by atoms with Gasteiger partial charge >= 0.3 is 0 Å². The van der Waals surface area contributed by atoms with Gasteiger partial charge in [0.05, 0.1) is 0 Å². The van der Waals surface area contributed by atoms with Crippen molar-refractivity contribution in [2.75, 3.05) is 0 Å². The zero-order chi connectivity index (χ0) is 15.9. The number of unbranched alkanes of at least 4 members (excludes halogenated alkanes) is 10. The van der Waals surface area contributed by atoms with Crippen molar-refractivity contribution in [1.29, 1.82) is 0 Å². The topological polar surface area (TPSA) is 0 Å². The van der Waals surface area contributed by atoms with Crippen LogP contribution in [0.4, 0.5) is 0 Å². The Balaban J connectivity index is 0.00000484. The normalized spacial score (nSPS) is 10.5. The highest BCUT2D eigenvalue weighted by Gasteiger charge is 2.02. The van der Waals surface area contributed by atoms with Crippen LogP contribution in [-0.4, -0.2) is 0 Å². The summed E-state index contributed by atoms with van der Waals surface area (Å²) >= 11 is 0. The molecule has 1 aromatic carbocycles. The first-order valence-electron chi connectivity index (χ1n) is 9.95. The van der Waals surface area contributed by atoms with Crippen LogP contribution in [-0.2, 0) is 12.8 Å². The maximum Gasteiger partial charge on any atom is -0.0276 e. The Bertz CT molecular complexity index is 324. The van der Waals surface area contributed by atoms with Gasteiger partial charge in [0.2, 0.25) is 0 Å². The quantitative estimate of drug-likeness (QED) is 0.307. The molecule has 0 atom stereocenters. The van der Waals surface area contributed by atoms with Crippen LogP contribution >= 0.6 is 13.5 Å². The first kappa shape index (κ1) is 22.6. The number of rotatable bonds is 14. The first-order valence-corrected chi connectivity index (χ1v) is 9.95. The molecule has 0 amide bonds. The highest BCUT2D eigenvalue weighted by atomic mass is 32.1. The van der Waals surface area contributed by atoms with Crippen LogP contribution in [0.1, 0.15) is 102 Å². The molecule has 0 radical (unpaired) electrons. The molecule has 1 aromatic rings. The first-order chi connectivity index (χ1) is 10.9. The molecule has 0 aromatic heterocycles. The molecule has 0 heterocycles. The number of aryl methyl sites for hydroxylation is 2. The molecule has 0 N–H and O–H groups in total. The highest BCUT2D eigenvalue weighted by molar-refractivity contribution is 7.59. The van der Waals surface area contributed by atoms with Gasteiger partial charge in [0.15, 0.2) is 0 Å². The minimum absolute atomic E-state index is 0. The van der Waals surface area contributed by atoms with Gasteiger partial charge < -0.3 is 0 Å². The summed E-state index contributed by atoms with van der Waals surface area (Å²) in [5.41, 5.74) is 3.23. The largest absolute Gasteiger partial charge is 0.197 e. The van der Waals surface area contributed by atoms with Gasteiger partial charge in [0.1, 0.15) is 0 Å². The van der Waals surface area contributed by atoms with Gasteiger partial charge in [-0.2, -0.15) is 13.5 Å². The highest BCUT2D eigenvalue weighted by Crippen LogP contribution is 2.17. The van der Waals surface area contributed by atoms with Gasteiger partial charge in [-0.25, -0.2) is 0 Å². The molecule has 0 aliphatic rings. The van der Waals surface area contributed by atoms with Crippen LogP contribution in [0.25, 0.3) is 0 Å². The molecule has 1 heteroatoms. The summed E-state index contributed by atoms with van der Waals surface area (Å²) in [5, 5.41) is 0. The Hall–Kier alpha value is -0.430. The average Bonchev–Trinajstić information content (AvgIpc) is 2.55. The molecule has 0 saturated carbocycles. The molecule has 0 aliphatic carbocycles. The van der Waals surface area contributed by atoms with Crippen molar-refractivity contribution in [3.8, 4) is 0 Å². The monoisotopic (exact) mass is 336 g/mol. The van der Waals surface area contributed by atoms with E-state index in [4.69, 9.17) is 0 Å². The molecule has 134 valence electrons. The fraction of sp³-hybridized carbons (Fsp3) is 0.727. The molecule has 0 saturated heterocycles. The summed E-state index contributed by atoms with van der Waals surface area (Å²) in [6.45, 7) is 4.58. The Labute approximate surface area is 152 Å². The third kappa shape index (κ3) is 11.7. The van der Waals surface area contributed by atoms with Crippen LogP contribution in [0.15, 0.2) is 24.3 Å². The molecule has 0 aliphatic heterocycles. The second kappa shape index (κ2) is 16.4. The second-order valence-corrected chi connectivity index (χ2v) is 6.80. The fourth-order valence-corrected chi connectivity index (χ4v) is 3.24. The van der Waals surface area contributed by atoms with E-state index in [2.05, 4.69) is 38.1 Å². The minimum atomic E-state index is 0. The summed E-state index contributed by atoms with van der Waals surface area (Å²) in [5.74, 6) is 0. The zero-order valence-electron chi connectivity index (χ0n) is 15.7. The summed E-state index contributed by atoms with van der Waals surface area (Å²) in [6.07, 6.45) is 19.4. The van der Waals surface area contributed by atoms with Crippen LogP contribution in [0.2, 0.25) is 0 Å². The molecular weight excluding hydrogens is 296 g/mol. The smallest absolute Gasteiger partial charge is 0.0276 e. The molecule has 23 heavy (non-hydrogen) atoms. The predicted molar refractivity (Wildman–Crippen MR) is 111 cm³/mol. The van der Waals surface area contributed by atoms with E-state index >= 15 is 0 Å². The van der Waals surface area contributed by atoms with E-state index in [0.717, 1.165) is 0 Å². The van der Waals surface area contributed by atoms with E-state index in [1.807, 2.05) is 0 Å². The molecular formula is C22H40S. The van der Waals surface area contributed by atoms with E-state index in [9.17, 15) is 0 Å². The SMILES string of the molecule is CCCCCCCCc1ccccc1CCCCCCCC.S. The van der Waals surface area contributed by atoms with Crippen molar-refractivity contribution in [1.82, 2.24) is 0 Å². The molecule has 0 spiro atoms. The summed E-state index contributed by atoms with van der Waals surface area (Å²) in [4.78, 5) is 0. The van der Waals surface area contributed by atoms with Crippen LogP contribution in [0.5, 0.6) is 0 Å². The van der Waals surface area contributed by atoms with Crippen molar-refractivity contribution in [3.63, 3.8) is 0 Å². The van der Waals surface area contributed by atoms with Crippen LogP contribution < -0.4 is 0 Å². The maximum atomic E-state index is 2.36. The molecule has 0 bridgehead atoms. The van der Waals surface area contributed by atoms with Crippen molar-refractivity contribution in [2.45, 2.75) is 104 Å². The minimum Gasteiger partial charge on any atom is -0.197 e. The summed E-state index contributed by atoms with van der Waals surface area (Å²) in [7, 11) is 0. The van der Waals surface area contributed by atoms with Gasteiger partial charge in [-0.05, 0) is 36.8 Å². The Morgan fingerprint density at radius 2 is 0.870 bits per heavy atom. The summed E-state index contributed by atoms with van der Waals surface area (Å²) in [6, 6.07) is 9.16. The third-order valence-corrected chi connectivity index (χ3v) is 4.72. The number of hydrogen-bond acceptors (Lipinski definition) is 0. The lowest BCUT2D eigenvalue weighted by molar-refractivity contribution is 0.599. The fourth-order valence-electron chi connectivity index (χ4n) is 3.24. The van der Waals surface area contributed by atoms with E-state index in [1.165, 1.54) is 89.9 Å². The molecule has 0 nitrogen and oxygen atoms in total. The molecule has 0 unspecified atom stereocenters. The van der Waals surface area contributed by atoms with Gasteiger partial charge in [-0.1, -0.05) is 102 Å². The van der Waals surface area contributed by atoms with E-state index < -0.39 is 0 Å². The van der Waals surface area contributed by atoms with Crippen molar-refractivity contribution < 1.29 is 0 Å². The summed E-state index contributed by atoms with van der Waals surface area (Å²) < 4.78 is 0. The van der Waals surface area contributed by atoms with E-state index in [-0.39, 0.29) is 13.5 Å². The lowest BCUT2D eigenvalue weighted by atomic mass is 9.96. The molecule has 1 rings (SSSR count). The van der Waals surface area contributed by atoms with Gasteiger partial charge in [0, 0.05) is 0 Å². The van der Waals surface area contributed by atoms with Gasteiger partial charge in [-0.15, -0.1) is 0 Å². The zero-order valence-corrected chi connectivity index (χ0v) is 16.7. The van der Waals surface area contributed by atoms with Gasteiger partial charge in [0.25, 0.3) is 0 Å². The Morgan fingerprint density at radius 3 is 1.26 bits per heavy atom. The lowest BCUT2D eigenvalue weighted by Gasteiger charge is -2.09. The molecule has 0 fully saturated rings. The number of hydrogen-bond donors (Lipinski definition) is 0. The van der Waals surface area contributed by atoms with Gasteiger partial charge in [-0.3, -0.25) is 0 Å². The average molecular weight is 337 g/mol.